The van der Waals surface area contributed by atoms with Gasteiger partial charge in [-0.1, -0.05) is 19.1 Å². The normalized spacial score (nSPS) is 9.81. The van der Waals surface area contributed by atoms with Gasteiger partial charge in [-0.15, -0.1) is 11.6 Å². The third-order valence-corrected chi connectivity index (χ3v) is 2.73. The number of carbonyl (C=O) groups is 1. The molecule has 1 rings (SSSR count). The fourth-order valence-corrected chi connectivity index (χ4v) is 1.98. The first-order chi connectivity index (χ1) is 7.63. The number of halogens is 1. The van der Waals surface area contributed by atoms with Crippen LogP contribution in [0.2, 0.25) is 0 Å². The minimum atomic E-state index is -0.943. The molecule has 0 bridgehead atoms. The number of hydrogen-bond donors (Lipinski definition) is 1. The van der Waals surface area contributed by atoms with Gasteiger partial charge in [-0.25, -0.2) is 0 Å². The minimum Gasteiger partial charge on any atom is -0.481 e. The summed E-state index contributed by atoms with van der Waals surface area (Å²) in [6.07, 6.45) is 0.640. The van der Waals surface area contributed by atoms with E-state index in [9.17, 15) is 4.79 Å². The van der Waals surface area contributed by atoms with E-state index in [0.29, 0.717) is 11.1 Å². The summed E-state index contributed by atoms with van der Waals surface area (Å²) in [4.78, 5) is 10.6. The maximum atomic E-state index is 10.6. The fourth-order valence-electron chi connectivity index (χ4n) is 1.67. The lowest BCUT2D eigenvalue weighted by atomic mass is 9.95. The van der Waals surface area contributed by atoms with Crippen LogP contribution in [-0.4, -0.2) is 11.1 Å². The number of aliphatic carboxylic acids is 1. The number of alkyl halides is 1. The number of benzene rings is 1. The molecule has 0 aromatic heterocycles. The molecule has 0 saturated carbocycles. The number of aryl methyl sites for hydroxylation is 1. The van der Waals surface area contributed by atoms with Crippen molar-refractivity contribution in [2.45, 2.75) is 25.6 Å². The maximum absolute atomic E-state index is 10.6. The molecule has 0 heterocycles. The van der Waals surface area contributed by atoms with Gasteiger partial charge in [0.25, 0.3) is 0 Å². The van der Waals surface area contributed by atoms with Gasteiger partial charge in [0.15, 0.2) is 0 Å². The summed E-state index contributed by atoms with van der Waals surface area (Å²) in [6.45, 7) is 1.98. The Morgan fingerprint density at radius 2 is 2.12 bits per heavy atom. The van der Waals surface area contributed by atoms with E-state index in [4.69, 9.17) is 22.0 Å². The first-order valence-corrected chi connectivity index (χ1v) is 5.49. The van der Waals surface area contributed by atoms with Gasteiger partial charge in [0.2, 0.25) is 0 Å². The van der Waals surface area contributed by atoms with Crippen LogP contribution in [-0.2, 0) is 23.5 Å². The van der Waals surface area contributed by atoms with E-state index in [0.717, 1.165) is 17.5 Å². The third kappa shape index (κ3) is 2.53. The molecular formula is C12H12ClNO2. The number of carboxylic acid groups (broad SMARTS) is 1. The van der Waals surface area contributed by atoms with Crippen molar-refractivity contribution in [2.24, 2.45) is 0 Å². The number of carboxylic acids is 1. The Kier molecular flexibility index (Phi) is 4.33. The lowest BCUT2D eigenvalue weighted by Gasteiger charge is -2.10. The molecule has 0 spiro atoms. The number of nitriles is 1. The van der Waals surface area contributed by atoms with E-state index in [1.54, 1.807) is 6.07 Å². The van der Waals surface area contributed by atoms with Crippen molar-refractivity contribution >= 4 is 17.6 Å². The van der Waals surface area contributed by atoms with Crippen molar-refractivity contribution in [1.82, 2.24) is 0 Å². The number of nitrogens with zero attached hydrogens (tertiary/aromatic N) is 1. The van der Waals surface area contributed by atoms with Gasteiger partial charge in [-0.2, -0.15) is 5.26 Å². The van der Waals surface area contributed by atoms with Crippen molar-refractivity contribution in [3.63, 3.8) is 0 Å². The standard InChI is InChI=1S/C12H12ClNO2/c1-2-8-3-4-9(5-12(15)16)11(7-14)10(8)6-13/h3-4H,2,5-6H2,1H3,(H,15,16). The smallest absolute Gasteiger partial charge is 0.307 e. The highest BCUT2D eigenvalue weighted by Gasteiger charge is 2.13. The molecule has 0 amide bonds. The van der Waals surface area contributed by atoms with Crippen molar-refractivity contribution in [2.75, 3.05) is 0 Å². The Hall–Kier alpha value is -1.53. The topological polar surface area (TPSA) is 61.1 Å². The summed E-state index contributed by atoms with van der Waals surface area (Å²) in [5.74, 6) is -0.708. The molecule has 1 N–H and O–H groups in total. The molecule has 3 nitrogen and oxygen atoms in total. The second kappa shape index (κ2) is 5.53. The number of hydrogen-bond acceptors (Lipinski definition) is 2. The van der Waals surface area contributed by atoms with Crippen LogP contribution in [0.1, 0.15) is 29.2 Å². The highest BCUT2D eigenvalue weighted by molar-refractivity contribution is 6.17. The molecule has 0 atom stereocenters. The monoisotopic (exact) mass is 237 g/mol. The predicted octanol–water partition coefficient (Wildman–Crippen LogP) is 2.49. The average Bonchev–Trinajstić information content (AvgIpc) is 2.27. The van der Waals surface area contributed by atoms with Crippen LogP contribution in [0, 0.1) is 11.3 Å². The molecule has 0 aliphatic heterocycles. The fraction of sp³-hybridized carbons (Fsp3) is 0.333. The third-order valence-electron chi connectivity index (χ3n) is 2.46. The number of rotatable bonds is 4. The zero-order chi connectivity index (χ0) is 12.1. The molecule has 4 heteroatoms. The molecule has 1 aromatic rings. The van der Waals surface area contributed by atoms with Gasteiger partial charge in [0, 0.05) is 5.88 Å². The Morgan fingerprint density at radius 1 is 1.50 bits per heavy atom. The van der Waals surface area contributed by atoms with Crippen molar-refractivity contribution in [1.29, 1.82) is 5.26 Å². The van der Waals surface area contributed by atoms with Crippen LogP contribution >= 0.6 is 11.6 Å². The minimum absolute atomic E-state index is 0.142. The predicted molar refractivity (Wildman–Crippen MR) is 61.4 cm³/mol. The first-order valence-electron chi connectivity index (χ1n) is 4.95. The molecular weight excluding hydrogens is 226 g/mol. The molecule has 84 valence electrons. The van der Waals surface area contributed by atoms with Crippen molar-refractivity contribution < 1.29 is 9.90 Å². The van der Waals surface area contributed by atoms with E-state index < -0.39 is 5.97 Å². The van der Waals surface area contributed by atoms with E-state index in [1.165, 1.54) is 0 Å². The molecule has 0 aliphatic carbocycles. The van der Waals surface area contributed by atoms with Crippen LogP contribution in [0.4, 0.5) is 0 Å². The van der Waals surface area contributed by atoms with E-state index >= 15 is 0 Å². The average molecular weight is 238 g/mol. The largest absolute Gasteiger partial charge is 0.481 e. The maximum Gasteiger partial charge on any atom is 0.307 e. The lowest BCUT2D eigenvalue weighted by molar-refractivity contribution is -0.136. The highest BCUT2D eigenvalue weighted by Crippen LogP contribution is 2.22. The molecule has 0 fully saturated rings. The lowest BCUT2D eigenvalue weighted by Crippen LogP contribution is -2.06. The van der Waals surface area contributed by atoms with E-state index in [1.807, 2.05) is 19.1 Å². The van der Waals surface area contributed by atoms with Crippen molar-refractivity contribution in [3.05, 3.63) is 34.4 Å². The quantitative estimate of drug-likeness (QED) is 0.819. The summed E-state index contributed by atoms with van der Waals surface area (Å²) in [7, 11) is 0. The summed E-state index contributed by atoms with van der Waals surface area (Å²) in [6, 6.07) is 5.59. The Labute approximate surface area is 99.3 Å². The highest BCUT2D eigenvalue weighted by atomic mass is 35.5. The molecule has 0 saturated heterocycles. The molecule has 1 aromatic carbocycles. The van der Waals surface area contributed by atoms with Crippen LogP contribution in [0.15, 0.2) is 12.1 Å². The molecule has 0 aliphatic rings. The van der Waals surface area contributed by atoms with Crippen LogP contribution in [0.3, 0.4) is 0 Å². The van der Waals surface area contributed by atoms with Gasteiger partial charge >= 0.3 is 5.97 Å². The van der Waals surface area contributed by atoms with Gasteiger partial charge in [0.1, 0.15) is 0 Å². The van der Waals surface area contributed by atoms with Crippen LogP contribution < -0.4 is 0 Å². The van der Waals surface area contributed by atoms with Crippen molar-refractivity contribution in [3.8, 4) is 6.07 Å². The van der Waals surface area contributed by atoms with Gasteiger partial charge < -0.3 is 5.11 Å². The summed E-state index contributed by atoms with van der Waals surface area (Å²) in [5.41, 5.74) is 2.70. The Bertz CT molecular complexity index is 449. The summed E-state index contributed by atoms with van der Waals surface area (Å²) < 4.78 is 0. The van der Waals surface area contributed by atoms with E-state index in [-0.39, 0.29) is 12.3 Å². The van der Waals surface area contributed by atoms with Gasteiger partial charge in [-0.05, 0) is 23.1 Å². The second-order valence-corrected chi connectivity index (χ2v) is 3.67. The Balaban J connectivity index is 3.32. The second-order valence-electron chi connectivity index (χ2n) is 3.41. The van der Waals surface area contributed by atoms with Gasteiger partial charge in [0.05, 0.1) is 18.1 Å². The zero-order valence-electron chi connectivity index (χ0n) is 8.96. The zero-order valence-corrected chi connectivity index (χ0v) is 9.71. The molecule has 0 radical (unpaired) electrons. The SMILES string of the molecule is CCc1ccc(CC(=O)O)c(C#N)c1CCl. The molecule has 16 heavy (non-hydrogen) atoms. The molecule has 0 unspecified atom stereocenters. The van der Waals surface area contributed by atoms with Crippen LogP contribution in [0.5, 0.6) is 0 Å². The van der Waals surface area contributed by atoms with E-state index in [2.05, 4.69) is 0 Å². The summed E-state index contributed by atoms with van der Waals surface area (Å²) in [5, 5.41) is 17.8. The van der Waals surface area contributed by atoms with Crippen LogP contribution in [0.25, 0.3) is 0 Å². The summed E-state index contributed by atoms with van der Waals surface area (Å²) >= 11 is 5.80. The first kappa shape index (κ1) is 12.5. The van der Waals surface area contributed by atoms with Gasteiger partial charge in [-0.3, -0.25) is 4.79 Å². The Morgan fingerprint density at radius 3 is 2.56 bits per heavy atom.